The Morgan fingerprint density at radius 1 is 1.63 bits per heavy atom. The van der Waals surface area contributed by atoms with Crippen LogP contribution in [0.3, 0.4) is 0 Å². The fraction of sp³-hybridized carbons (Fsp3) is 0.462. The van der Waals surface area contributed by atoms with E-state index in [9.17, 15) is 10.1 Å². The van der Waals surface area contributed by atoms with Crippen molar-refractivity contribution in [1.82, 2.24) is 0 Å². The van der Waals surface area contributed by atoms with Gasteiger partial charge in [0.1, 0.15) is 5.69 Å². The summed E-state index contributed by atoms with van der Waals surface area (Å²) in [4.78, 5) is 10.5. The highest BCUT2D eigenvalue weighted by Gasteiger charge is 2.24. The van der Waals surface area contributed by atoms with Gasteiger partial charge >= 0.3 is 0 Å². The van der Waals surface area contributed by atoms with Gasteiger partial charge in [0.25, 0.3) is 5.69 Å². The topological polar surface area (TPSA) is 88.2 Å². The van der Waals surface area contributed by atoms with Crippen molar-refractivity contribution in [2.24, 2.45) is 0 Å². The van der Waals surface area contributed by atoms with Gasteiger partial charge in [-0.1, -0.05) is 0 Å². The molecule has 1 N–H and O–H groups in total. The summed E-state index contributed by atoms with van der Waals surface area (Å²) in [6.45, 7) is 2.68. The van der Waals surface area contributed by atoms with Gasteiger partial charge in [0.2, 0.25) is 0 Å². The quantitative estimate of drug-likeness (QED) is 0.664. The molecular weight excluding hydrogens is 246 g/mol. The number of nitrogens with one attached hydrogen (secondary N) is 1. The van der Waals surface area contributed by atoms with Crippen LogP contribution in [0.25, 0.3) is 0 Å². The predicted molar refractivity (Wildman–Crippen MR) is 69.9 cm³/mol. The molecule has 1 aromatic carbocycles. The van der Waals surface area contributed by atoms with Crippen molar-refractivity contribution in [2.45, 2.75) is 31.9 Å². The van der Waals surface area contributed by atoms with Crippen LogP contribution in [0.1, 0.15) is 25.3 Å². The van der Waals surface area contributed by atoms with Gasteiger partial charge in [-0.3, -0.25) is 10.1 Å². The van der Waals surface area contributed by atoms with Crippen molar-refractivity contribution in [3.63, 3.8) is 0 Å². The van der Waals surface area contributed by atoms with E-state index in [2.05, 4.69) is 5.32 Å². The number of benzene rings is 1. The van der Waals surface area contributed by atoms with Gasteiger partial charge in [0.15, 0.2) is 0 Å². The number of nitrogens with zero attached hydrogens (tertiary/aromatic N) is 2. The molecule has 1 fully saturated rings. The molecule has 1 aliphatic heterocycles. The standard InChI is InChI=1S/C13H15N3O3/c1-9(13-3-2-6-19-13)15-11-5-4-10(8-14)7-12(11)16(17)18/h4-5,7,9,13,15H,2-3,6H2,1H3. The second-order valence-corrected chi connectivity index (χ2v) is 4.59. The van der Waals surface area contributed by atoms with E-state index >= 15 is 0 Å². The van der Waals surface area contributed by atoms with Gasteiger partial charge in [-0.15, -0.1) is 0 Å². The number of nitro benzene ring substituents is 1. The monoisotopic (exact) mass is 261 g/mol. The van der Waals surface area contributed by atoms with Crippen molar-refractivity contribution >= 4 is 11.4 Å². The average molecular weight is 261 g/mol. The third kappa shape index (κ3) is 3.01. The van der Waals surface area contributed by atoms with Crippen molar-refractivity contribution in [3.05, 3.63) is 33.9 Å². The molecule has 0 saturated carbocycles. The van der Waals surface area contributed by atoms with Crippen LogP contribution in [0.5, 0.6) is 0 Å². The largest absolute Gasteiger partial charge is 0.376 e. The highest BCUT2D eigenvalue weighted by Crippen LogP contribution is 2.27. The molecule has 100 valence electrons. The molecule has 0 aliphatic carbocycles. The summed E-state index contributed by atoms with van der Waals surface area (Å²) in [6.07, 6.45) is 2.06. The van der Waals surface area contributed by atoms with E-state index in [1.807, 2.05) is 13.0 Å². The van der Waals surface area contributed by atoms with Gasteiger partial charge in [-0.2, -0.15) is 5.26 Å². The fourth-order valence-electron chi connectivity index (χ4n) is 2.21. The number of anilines is 1. The highest BCUT2D eigenvalue weighted by atomic mass is 16.6. The van der Waals surface area contributed by atoms with Crippen LogP contribution in [-0.4, -0.2) is 23.7 Å². The number of hydrogen-bond donors (Lipinski definition) is 1. The number of rotatable bonds is 4. The summed E-state index contributed by atoms with van der Waals surface area (Å²) in [6, 6.07) is 6.32. The fourth-order valence-corrected chi connectivity index (χ4v) is 2.21. The molecule has 0 bridgehead atoms. The van der Waals surface area contributed by atoms with Crippen LogP contribution in [0, 0.1) is 21.4 Å². The number of ether oxygens (including phenoxy) is 1. The Morgan fingerprint density at radius 3 is 3.00 bits per heavy atom. The molecule has 1 aromatic rings. The Hall–Kier alpha value is -2.13. The smallest absolute Gasteiger partial charge is 0.293 e. The Balaban J connectivity index is 2.19. The van der Waals surface area contributed by atoms with Crippen LogP contribution in [-0.2, 0) is 4.74 Å². The first-order valence-electron chi connectivity index (χ1n) is 6.18. The second-order valence-electron chi connectivity index (χ2n) is 4.59. The summed E-state index contributed by atoms with van der Waals surface area (Å²) in [5.74, 6) is 0. The zero-order chi connectivity index (χ0) is 13.8. The van der Waals surface area contributed by atoms with Crippen molar-refractivity contribution < 1.29 is 9.66 Å². The Bertz CT molecular complexity index is 518. The van der Waals surface area contributed by atoms with Crippen molar-refractivity contribution in [3.8, 4) is 6.07 Å². The first-order valence-corrected chi connectivity index (χ1v) is 6.18. The minimum Gasteiger partial charge on any atom is -0.376 e. The lowest BCUT2D eigenvalue weighted by molar-refractivity contribution is -0.384. The lowest BCUT2D eigenvalue weighted by Crippen LogP contribution is -2.30. The number of nitro groups is 1. The second kappa shape index (κ2) is 5.67. The maximum absolute atomic E-state index is 11.0. The van der Waals surface area contributed by atoms with Crippen LogP contribution in [0.15, 0.2) is 18.2 Å². The SMILES string of the molecule is CC(Nc1ccc(C#N)cc1[N+](=O)[O-])C1CCCO1. The van der Waals surface area contributed by atoms with Gasteiger partial charge in [0, 0.05) is 18.7 Å². The first-order chi connectivity index (χ1) is 9.11. The molecular formula is C13H15N3O3. The number of nitriles is 1. The van der Waals surface area contributed by atoms with Crippen molar-refractivity contribution in [2.75, 3.05) is 11.9 Å². The molecule has 2 unspecified atom stereocenters. The molecule has 0 amide bonds. The summed E-state index contributed by atoms with van der Waals surface area (Å²) >= 11 is 0. The number of hydrogen-bond acceptors (Lipinski definition) is 5. The Kier molecular flexibility index (Phi) is 3.97. The summed E-state index contributed by atoms with van der Waals surface area (Å²) in [5, 5.41) is 22.9. The van der Waals surface area contributed by atoms with Crippen LogP contribution < -0.4 is 5.32 Å². The molecule has 0 aromatic heterocycles. The van der Waals surface area contributed by atoms with Crippen LogP contribution in [0.2, 0.25) is 0 Å². The zero-order valence-corrected chi connectivity index (χ0v) is 10.6. The zero-order valence-electron chi connectivity index (χ0n) is 10.6. The van der Waals surface area contributed by atoms with Crippen LogP contribution in [0.4, 0.5) is 11.4 Å². The van der Waals surface area contributed by atoms with E-state index in [1.165, 1.54) is 6.07 Å². The van der Waals surface area contributed by atoms with E-state index in [-0.39, 0.29) is 23.4 Å². The minimum absolute atomic E-state index is 0.00543. The summed E-state index contributed by atoms with van der Waals surface area (Å²) in [5.41, 5.74) is 0.623. The van der Waals surface area contributed by atoms with Gasteiger partial charge in [0.05, 0.1) is 22.7 Å². The molecule has 2 atom stereocenters. The molecule has 6 nitrogen and oxygen atoms in total. The van der Waals surface area contributed by atoms with Gasteiger partial charge < -0.3 is 10.1 Å². The lowest BCUT2D eigenvalue weighted by Gasteiger charge is -2.21. The molecule has 1 heterocycles. The minimum atomic E-state index is -0.481. The van der Waals surface area contributed by atoms with E-state index < -0.39 is 4.92 Å². The third-order valence-electron chi connectivity index (χ3n) is 3.23. The Labute approximate surface area is 111 Å². The van der Waals surface area contributed by atoms with E-state index in [0.29, 0.717) is 5.69 Å². The molecule has 2 rings (SSSR count). The first kappa shape index (κ1) is 13.3. The van der Waals surface area contributed by atoms with E-state index in [1.54, 1.807) is 12.1 Å². The normalized spacial score (nSPS) is 19.7. The van der Waals surface area contributed by atoms with Gasteiger partial charge in [-0.25, -0.2) is 0 Å². The lowest BCUT2D eigenvalue weighted by atomic mass is 10.1. The predicted octanol–water partition coefficient (Wildman–Crippen LogP) is 2.45. The molecule has 1 saturated heterocycles. The molecule has 0 radical (unpaired) electrons. The average Bonchev–Trinajstić information content (AvgIpc) is 2.92. The molecule has 1 aliphatic rings. The third-order valence-corrected chi connectivity index (χ3v) is 3.23. The van der Waals surface area contributed by atoms with Crippen LogP contribution >= 0.6 is 0 Å². The van der Waals surface area contributed by atoms with Crippen molar-refractivity contribution in [1.29, 1.82) is 5.26 Å². The Morgan fingerprint density at radius 2 is 2.42 bits per heavy atom. The maximum atomic E-state index is 11.0. The van der Waals surface area contributed by atoms with Gasteiger partial charge in [-0.05, 0) is 31.9 Å². The maximum Gasteiger partial charge on any atom is 0.293 e. The molecule has 19 heavy (non-hydrogen) atoms. The van der Waals surface area contributed by atoms with E-state index in [0.717, 1.165) is 19.4 Å². The molecule has 6 heteroatoms. The summed E-state index contributed by atoms with van der Waals surface area (Å²) < 4.78 is 5.55. The summed E-state index contributed by atoms with van der Waals surface area (Å²) in [7, 11) is 0. The van der Waals surface area contributed by atoms with E-state index in [4.69, 9.17) is 10.00 Å². The molecule has 0 spiro atoms. The highest BCUT2D eigenvalue weighted by molar-refractivity contribution is 5.64.